The van der Waals surface area contributed by atoms with Gasteiger partial charge in [-0.05, 0) is 24.5 Å². The van der Waals surface area contributed by atoms with Gasteiger partial charge in [0.05, 0.1) is 0 Å². The molecule has 1 aromatic rings. The highest BCUT2D eigenvalue weighted by Crippen LogP contribution is 1.98. The fraction of sp³-hybridized carbons (Fsp3) is 0.385. The molecule has 0 bridgehead atoms. The van der Waals surface area contributed by atoms with Gasteiger partial charge < -0.3 is 5.32 Å². The SMILES string of the molecule is CC(C)CCNC(=O)NC(=O)c1ccccc1. The van der Waals surface area contributed by atoms with Crippen LogP contribution < -0.4 is 10.6 Å². The van der Waals surface area contributed by atoms with Gasteiger partial charge in [0, 0.05) is 12.1 Å². The quantitative estimate of drug-likeness (QED) is 0.838. The van der Waals surface area contributed by atoms with Crippen LogP contribution in [0, 0.1) is 5.92 Å². The Hall–Kier alpha value is -1.84. The van der Waals surface area contributed by atoms with Crippen molar-refractivity contribution in [1.29, 1.82) is 0 Å². The topological polar surface area (TPSA) is 58.2 Å². The zero-order valence-corrected chi connectivity index (χ0v) is 10.2. The number of nitrogens with one attached hydrogen (secondary N) is 2. The van der Waals surface area contributed by atoms with Crippen LogP contribution >= 0.6 is 0 Å². The average Bonchev–Trinajstić information content (AvgIpc) is 2.29. The van der Waals surface area contributed by atoms with Gasteiger partial charge >= 0.3 is 6.03 Å². The van der Waals surface area contributed by atoms with Crippen LogP contribution in [0.25, 0.3) is 0 Å². The summed E-state index contributed by atoms with van der Waals surface area (Å²) in [5.74, 6) is 0.146. The van der Waals surface area contributed by atoms with Crippen molar-refractivity contribution in [3.8, 4) is 0 Å². The number of imide groups is 1. The molecule has 0 saturated carbocycles. The number of hydrogen-bond acceptors (Lipinski definition) is 2. The molecule has 0 atom stereocenters. The summed E-state index contributed by atoms with van der Waals surface area (Å²) in [6.45, 7) is 4.73. The molecule has 0 fully saturated rings. The smallest absolute Gasteiger partial charge is 0.321 e. The maximum Gasteiger partial charge on any atom is 0.321 e. The van der Waals surface area contributed by atoms with E-state index in [-0.39, 0.29) is 5.91 Å². The van der Waals surface area contributed by atoms with Gasteiger partial charge in [0.25, 0.3) is 5.91 Å². The van der Waals surface area contributed by atoms with Gasteiger partial charge in [-0.15, -0.1) is 0 Å². The normalized spacial score (nSPS) is 10.1. The van der Waals surface area contributed by atoms with Crippen molar-refractivity contribution >= 4 is 11.9 Å². The highest BCUT2D eigenvalue weighted by Gasteiger charge is 2.08. The predicted octanol–water partition coefficient (Wildman–Crippen LogP) is 2.17. The second kappa shape index (κ2) is 6.68. The Morgan fingerprint density at radius 2 is 1.82 bits per heavy atom. The molecule has 4 nitrogen and oxygen atoms in total. The molecule has 17 heavy (non-hydrogen) atoms. The van der Waals surface area contributed by atoms with Gasteiger partial charge in [-0.3, -0.25) is 10.1 Å². The van der Waals surface area contributed by atoms with Crippen LogP contribution in [0.5, 0.6) is 0 Å². The predicted molar refractivity (Wildman–Crippen MR) is 66.8 cm³/mol. The lowest BCUT2D eigenvalue weighted by atomic mass is 10.1. The molecule has 0 aliphatic rings. The number of urea groups is 1. The lowest BCUT2D eigenvalue weighted by molar-refractivity contribution is 0.0964. The lowest BCUT2D eigenvalue weighted by Gasteiger charge is -2.08. The van der Waals surface area contributed by atoms with E-state index in [9.17, 15) is 9.59 Å². The minimum Gasteiger partial charge on any atom is -0.338 e. The largest absolute Gasteiger partial charge is 0.338 e. The molecule has 1 rings (SSSR count). The van der Waals surface area contributed by atoms with Crippen LogP contribution in [-0.4, -0.2) is 18.5 Å². The van der Waals surface area contributed by atoms with Crippen LogP contribution in [0.15, 0.2) is 30.3 Å². The highest BCUT2D eigenvalue weighted by atomic mass is 16.2. The Labute approximate surface area is 101 Å². The maximum atomic E-state index is 11.6. The molecule has 0 heterocycles. The molecule has 92 valence electrons. The van der Waals surface area contributed by atoms with E-state index in [1.807, 2.05) is 6.07 Å². The summed E-state index contributed by atoms with van der Waals surface area (Å²) in [6, 6.07) is 8.21. The third-order valence-corrected chi connectivity index (χ3v) is 2.27. The van der Waals surface area contributed by atoms with Crippen molar-refractivity contribution in [3.63, 3.8) is 0 Å². The molecule has 2 N–H and O–H groups in total. The Morgan fingerprint density at radius 1 is 1.18 bits per heavy atom. The third kappa shape index (κ3) is 5.15. The first kappa shape index (κ1) is 13.2. The standard InChI is InChI=1S/C13H18N2O2/c1-10(2)8-9-14-13(17)15-12(16)11-6-4-3-5-7-11/h3-7,10H,8-9H2,1-2H3,(H2,14,15,16,17). The molecular weight excluding hydrogens is 216 g/mol. The molecular formula is C13H18N2O2. The van der Waals surface area contributed by atoms with Gasteiger partial charge in [0.1, 0.15) is 0 Å². The third-order valence-electron chi connectivity index (χ3n) is 2.27. The minimum absolute atomic E-state index is 0.382. The fourth-order valence-corrected chi connectivity index (χ4v) is 1.28. The summed E-state index contributed by atoms with van der Waals surface area (Å²) in [6.07, 6.45) is 0.896. The average molecular weight is 234 g/mol. The van der Waals surface area contributed by atoms with Crippen molar-refractivity contribution in [2.45, 2.75) is 20.3 Å². The first-order valence-electron chi connectivity index (χ1n) is 5.74. The van der Waals surface area contributed by atoms with Crippen LogP contribution in [-0.2, 0) is 0 Å². The van der Waals surface area contributed by atoms with Crippen molar-refractivity contribution in [2.24, 2.45) is 5.92 Å². The van der Waals surface area contributed by atoms with Crippen LogP contribution in [0.2, 0.25) is 0 Å². The van der Waals surface area contributed by atoms with Crippen molar-refractivity contribution in [1.82, 2.24) is 10.6 Å². The van der Waals surface area contributed by atoms with Crippen LogP contribution in [0.3, 0.4) is 0 Å². The van der Waals surface area contributed by atoms with Gasteiger partial charge in [-0.25, -0.2) is 4.79 Å². The summed E-state index contributed by atoms with van der Waals surface area (Å²) in [5.41, 5.74) is 0.478. The van der Waals surface area contributed by atoms with E-state index >= 15 is 0 Å². The Morgan fingerprint density at radius 3 is 2.41 bits per heavy atom. The Balaban J connectivity index is 2.34. The minimum atomic E-state index is -0.445. The molecule has 0 saturated heterocycles. The van der Waals surface area contributed by atoms with Gasteiger partial charge in [0.15, 0.2) is 0 Å². The second-order valence-corrected chi connectivity index (χ2v) is 4.26. The molecule has 0 aliphatic carbocycles. The van der Waals surface area contributed by atoms with E-state index in [2.05, 4.69) is 24.5 Å². The number of carbonyl (C=O) groups excluding carboxylic acids is 2. The molecule has 3 amide bonds. The molecule has 0 radical (unpaired) electrons. The zero-order chi connectivity index (χ0) is 12.7. The number of carbonyl (C=O) groups is 2. The monoisotopic (exact) mass is 234 g/mol. The number of rotatable bonds is 4. The molecule has 1 aromatic carbocycles. The molecule has 4 heteroatoms. The van der Waals surface area contributed by atoms with E-state index in [0.29, 0.717) is 18.0 Å². The van der Waals surface area contributed by atoms with Crippen LogP contribution in [0.1, 0.15) is 30.6 Å². The summed E-state index contributed by atoms with van der Waals surface area (Å²) in [4.78, 5) is 22.9. The van der Waals surface area contributed by atoms with Gasteiger partial charge in [-0.1, -0.05) is 32.0 Å². The number of benzene rings is 1. The number of hydrogen-bond donors (Lipinski definition) is 2. The summed E-state index contributed by atoms with van der Waals surface area (Å²) in [7, 11) is 0. The Kier molecular flexibility index (Phi) is 5.20. The van der Waals surface area contributed by atoms with E-state index in [0.717, 1.165) is 6.42 Å². The molecule has 0 spiro atoms. The first-order valence-corrected chi connectivity index (χ1v) is 5.74. The summed E-state index contributed by atoms with van der Waals surface area (Å²) in [5, 5.41) is 4.92. The summed E-state index contributed by atoms with van der Waals surface area (Å²) < 4.78 is 0. The first-order chi connectivity index (χ1) is 8.09. The van der Waals surface area contributed by atoms with Gasteiger partial charge in [-0.2, -0.15) is 0 Å². The zero-order valence-electron chi connectivity index (χ0n) is 10.2. The van der Waals surface area contributed by atoms with E-state index in [4.69, 9.17) is 0 Å². The fourth-order valence-electron chi connectivity index (χ4n) is 1.28. The lowest BCUT2D eigenvalue weighted by Crippen LogP contribution is -2.40. The van der Waals surface area contributed by atoms with Crippen molar-refractivity contribution < 1.29 is 9.59 Å². The highest BCUT2D eigenvalue weighted by molar-refractivity contribution is 6.04. The molecule has 0 aliphatic heterocycles. The Bertz CT molecular complexity index is 374. The van der Waals surface area contributed by atoms with Gasteiger partial charge in [0.2, 0.25) is 0 Å². The maximum absolute atomic E-state index is 11.6. The van der Waals surface area contributed by atoms with Crippen molar-refractivity contribution in [3.05, 3.63) is 35.9 Å². The second-order valence-electron chi connectivity index (χ2n) is 4.26. The van der Waals surface area contributed by atoms with E-state index in [1.54, 1.807) is 24.3 Å². The van der Waals surface area contributed by atoms with E-state index < -0.39 is 6.03 Å². The number of amides is 3. The van der Waals surface area contributed by atoms with Crippen LogP contribution in [0.4, 0.5) is 4.79 Å². The van der Waals surface area contributed by atoms with E-state index in [1.165, 1.54) is 0 Å². The summed E-state index contributed by atoms with van der Waals surface area (Å²) >= 11 is 0. The molecule has 0 aromatic heterocycles. The van der Waals surface area contributed by atoms with Crippen molar-refractivity contribution in [2.75, 3.05) is 6.54 Å². The molecule has 0 unspecified atom stereocenters.